The molecule has 0 spiro atoms. The third-order valence-corrected chi connectivity index (χ3v) is 4.50. The van der Waals surface area contributed by atoms with Crippen molar-refractivity contribution >= 4 is 11.8 Å². The second-order valence-corrected chi connectivity index (χ2v) is 6.16. The lowest BCUT2D eigenvalue weighted by molar-refractivity contribution is 0.0684. The second-order valence-electron chi connectivity index (χ2n) is 6.16. The number of hydrogen-bond donors (Lipinski definition) is 1. The molecule has 3 rings (SSSR count). The molecule has 1 N–H and O–H groups in total. The van der Waals surface area contributed by atoms with Crippen molar-refractivity contribution in [3.63, 3.8) is 0 Å². The number of piperidine rings is 1. The van der Waals surface area contributed by atoms with Gasteiger partial charge in [0.15, 0.2) is 0 Å². The van der Waals surface area contributed by atoms with Crippen LogP contribution in [0.4, 0.5) is 4.39 Å². The highest BCUT2D eigenvalue weighted by Gasteiger charge is 2.24. The summed E-state index contributed by atoms with van der Waals surface area (Å²) >= 11 is 0. The number of benzene rings is 1. The van der Waals surface area contributed by atoms with E-state index >= 15 is 0 Å². The molecule has 0 bridgehead atoms. The monoisotopic (exact) mass is 341 g/mol. The van der Waals surface area contributed by atoms with Gasteiger partial charge in [-0.05, 0) is 43.0 Å². The zero-order valence-electron chi connectivity index (χ0n) is 13.8. The molecule has 25 heavy (non-hydrogen) atoms. The van der Waals surface area contributed by atoms with Crippen molar-refractivity contribution in [1.82, 2.24) is 15.2 Å². The van der Waals surface area contributed by atoms with E-state index < -0.39 is 11.7 Å². The van der Waals surface area contributed by atoms with Crippen LogP contribution < -0.4 is 5.32 Å². The third kappa shape index (κ3) is 4.21. The van der Waals surface area contributed by atoms with E-state index in [4.69, 9.17) is 0 Å². The summed E-state index contributed by atoms with van der Waals surface area (Å²) in [5.41, 5.74) is 0.703. The highest BCUT2D eigenvalue weighted by molar-refractivity contribution is 5.94. The van der Waals surface area contributed by atoms with Crippen molar-refractivity contribution in [2.75, 3.05) is 19.6 Å². The molecule has 5 nitrogen and oxygen atoms in total. The molecule has 1 aromatic carbocycles. The highest BCUT2D eigenvalue weighted by atomic mass is 19.1. The average Bonchev–Trinajstić information content (AvgIpc) is 2.67. The number of nitrogens with one attached hydrogen (secondary N) is 1. The molecule has 1 aromatic heterocycles. The Hall–Kier alpha value is -2.76. The van der Waals surface area contributed by atoms with Gasteiger partial charge in [0, 0.05) is 37.6 Å². The normalized spacial score (nSPS) is 15.0. The molecular formula is C19H20FN3O2. The maximum Gasteiger partial charge on any atom is 0.254 e. The molecule has 1 fully saturated rings. The number of amides is 2. The van der Waals surface area contributed by atoms with E-state index in [0.29, 0.717) is 25.2 Å². The van der Waals surface area contributed by atoms with Gasteiger partial charge in [-0.2, -0.15) is 0 Å². The van der Waals surface area contributed by atoms with E-state index in [-0.39, 0.29) is 17.4 Å². The molecule has 1 aliphatic rings. The van der Waals surface area contributed by atoms with Crippen LogP contribution >= 0.6 is 0 Å². The molecule has 2 amide bonds. The van der Waals surface area contributed by atoms with Gasteiger partial charge in [-0.3, -0.25) is 14.6 Å². The molecule has 130 valence electrons. The van der Waals surface area contributed by atoms with Crippen LogP contribution in [0, 0.1) is 11.7 Å². The SMILES string of the molecule is O=C(NCC1CCN(C(=O)c2ccncc2)CC1)c1ccccc1F. The zero-order valence-corrected chi connectivity index (χ0v) is 13.8. The first-order chi connectivity index (χ1) is 12.1. The van der Waals surface area contributed by atoms with Crippen LogP contribution in [-0.2, 0) is 0 Å². The number of aromatic nitrogens is 1. The summed E-state index contributed by atoms with van der Waals surface area (Å²) in [6.07, 6.45) is 4.85. The van der Waals surface area contributed by atoms with Gasteiger partial charge >= 0.3 is 0 Å². The van der Waals surface area contributed by atoms with E-state index in [0.717, 1.165) is 12.8 Å². The predicted molar refractivity (Wildman–Crippen MR) is 91.6 cm³/mol. The smallest absolute Gasteiger partial charge is 0.254 e. The summed E-state index contributed by atoms with van der Waals surface area (Å²) in [5.74, 6) is -0.611. The zero-order chi connectivity index (χ0) is 17.6. The Morgan fingerprint density at radius 2 is 1.80 bits per heavy atom. The highest BCUT2D eigenvalue weighted by Crippen LogP contribution is 2.18. The summed E-state index contributed by atoms with van der Waals surface area (Å²) in [5, 5.41) is 2.79. The van der Waals surface area contributed by atoms with Crippen LogP contribution in [0.1, 0.15) is 33.6 Å². The van der Waals surface area contributed by atoms with Gasteiger partial charge in [-0.25, -0.2) is 4.39 Å². The van der Waals surface area contributed by atoms with Crippen molar-refractivity contribution in [2.45, 2.75) is 12.8 Å². The Bertz CT molecular complexity index is 743. The summed E-state index contributed by atoms with van der Waals surface area (Å²) in [7, 11) is 0. The summed E-state index contributed by atoms with van der Waals surface area (Å²) in [6, 6.07) is 9.37. The van der Waals surface area contributed by atoms with Gasteiger partial charge in [0.1, 0.15) is 5.82 Å². The summed E-state index contributed by atoms with van der Waals surface area (Å²) in [6.45, 7) is 1.80. The molecule has 2 aromatic rings. The Morgan fingerprint density at radius 3 is 2.48 bits per heavy atom. The van der Waals surface area contributed by atoms with Crippen LogP contribution in [0.15, 0.2) is 48.8 Å². The first-order valence-electron chi connectivity index (χ1n) is 8.37. The third-order valence-electron chi connectivity index (χ3n) is 4.50. The lowest BCUT2D eigenvalue weighted by atomic mass is 9.96. The minimum atomic E-state index is -0.516. The minimum Gasteiger partial charge on any atom is -0.352 e. The second kappa shape index (κ2) is 7.88. The van der Waals surface area contributed by atoms with Gasteiger partial charge in [0.25, 0.3) is 11.8 Å². The average molecular weight is 341 g/mol. The maximum atomic E-state index is 13.6. The molecule has 6 heteroatoms. The lowest BCUT2D eigenvalue weighted by Gasteiger charge is -2.32. The predicted octanol–water partition coefficient (Wildman–Crippen LogP) is 2.50. The van der Waals surface area contributed by atoms with Crippen LogP contribution in [0.25, 0.3) is 0 Å². The molecule has 0 atom stereocenters. The quantitative estimate of drug-likeness (QED) is 0.929. The molecule has 0 aliphatic carbocycles. The summed E-state index contributed by atoms with van der Waals surface area (Å²) in [4.78, 5) is 30.2. The first-order valence-corrected chi connectivity index (χ1v) is 8.37. The van der Waals surface area contributed by atoms with Crippen molar-refractivity contribution in [1.29, 1.82) is 0 Å². The number of hydrogen-bond acceptors (Lipinski definition) is 3. The topological polar surface area (TPSA) is 62.3 Å². The number of carbonyl (C=O) groups excluding carboxylic acids is 2. The van der Waals surface area contributed by atoms with E-state index in [1.807, 2.05) is 4.90 Å². The van der Waals surface area contributed by atoms with Crippen molar-refractivity contribution in [2.24, 2.45) is 5.92 Å². The van der Waals surface area contributed by atoms with Gasteiger partial charge in [0.2, 0.25) is 0 Å². The van der Waals surface area contributed by atoms with Crippen molar-refractivity contribution in [3.8, 4) is 0 Å². The minimum absolute atomic E-state index is 0.0104. The van der Waals surface area contributed by atoms with Crippen LogP contribution in [0.2, 0.25) is 0 Å². The molecule has 0 unspecified atom stereocenters. The number of rotatable bonds is 4. The van der Waals surface area contributed by atoms with E-state index in [9.17, 15) is 14.0 Å². The van der Waals surface area contributed by atoms with E-state index in [2.05, 4.69) is 10.3 Å². The van der Waals surface area contributed by atoms with E-state index in [1.165, 1.54) is 12.1 Å². The van der Waals surface area contributed by atoms with Gasteiger partial charge in [-0.1, -0.05) is 12.1 Å². The fourth-order valence-electron chi connectivity index (χ4n) is 2.99. The molecule has 1 saturated heterocycles. The first kappa shape index (κ1) is 17.1. The number of halogens is 1. The Morgan fingerprint density at radius 1 is 1.12 bits per heavy atom. The van der Waals surface area contributed by atoms with E-state index in [1.54, 1.807) is 36.7 Å². The Balaban J connectivity index is 1.47. The van der Waals surface area contributed by atoms with Gasteiger partial charge in [-0.15, -0.1) is 0 Å². The van der Waals surface area contributed by atoms with Crippen LogP contribution in [0.3, 0.4) is 0 Å². The van der Waals surface area contributed by atoms with Crippen LogP contribution in [-0.4, -0.2) is 41.3 Å². The molecular weight excluding hydrogens is 321 g/mol. The standard InChI is InChI=1S/C19H20FN3O2/c20-17-4-2-1-3-16(17)18(24)22-13-14-7-11-23(12-8-14)19(25)15-5-9-21-10-6-15/h1-6,9-10,14H,7-8,11-13H2,(H,22,24). The number of pyridine rings is 1. The number of carbonyl (C=O) groups is 2. The van der Waals surface area contributed by atoms with Gasteiger partial charge in [0.05, 0.1) is 5.56 Å². The number of nitrogens with zero attached hydrogens (tertiary/aromatic N) is 2. The van der Waals surface area contributed by atoms with Crippen LogP contribution in [0.5, 0.6) is 0 Å². The summed E-state index contributed by atoms with van der Waals surface area (Å²) < 4.78 is 13.6. The molecule has 1 aliphatic heterocycles. The van der Waals surface area contributed by atoms with Crippen molar-refractivity contribution < 1.29 is 14.0 Å². The lowest BCUT2D eigenvalue weighted by Crippen LogP contribution is -2.41. The fourth-order valence-corrected chi connectivity index (χ4v) is 2.99. The Labute approximate surface area is 145 Å². The number of likely N-dealkylation sites (tertiary alicyclic amines) is 1. The molecule has 0 radical (unpaired) electrons. The fraction of sp³-hybridized carbons (Fsp3) is 0.316. The van der Waals surface area contributed by atoms with Crippen molar-refractivity contribution in [3.05, 3.63) is 65.7 Å². The molecule has 2 heterocycles. The largest absolute Gasteiger partial charge is 0.352 e. The van der Waals surface area contributed by atoms with Gasteiger partial charge < -0.3 is 10.2 Å². The Kier molecular flexibility index (Phi) is 5.38. The maximum absolute atomic E-state index is 13.6. The molecule has 0 saturated carbocycles.